The van der Waals surface area contributed by atoms with Crippen LogP contribution in [0.5, 0.6) is 0 Å². The van der Waals surface area contributed by atoms with Crippen LogP contribution in [-0.2, 0) is 18.6 Å². The predicted octanol–water partition coefficient (Wildman–Crippen LogP) is 8.11. The van der Waals surface area contributed by atoms with E-state index in [4.69, 9.17) is 14.0 Å². The van der Waals surface area contributed by atoms with Crippen LogP contribution in [0.1, 0.15) is 129 Å². The molecule has 222 valence electrons. The van der Waals surface area contributed by atoms with Crippen molar-refractivity contribution in [1.82, 2.24) is 0 Å². The van der Waals surface area contributed by atoms with Gasteiger partial charge in [0.25, 0.3) is 0 Å². The monoisotopic (exact) mass is 548 g/mol. The fraction of sp³-hybridized carbons (Fsp3) is 1.00. The van der Waals surface area contributed by atoms with Gasteiger partial charge < -0.3 is 23.4 Å². The molecule has 3 unspecified atom stereocenters. The number of unbranched alkanes of at least 4 members (excludes halogenated alkanes) is 15. The van der Waals surface area contributed by atoms with E-state index in [1.165, 1.54) is 96.3 Å². The number of ether oxygens (including phenoxy) is 2. The number of methoxy groups -OCH3 is 1. The van der Waals surface area contributed by atoms with Gasteiger partial charge in [-0.2, -0.15) is 0 Å². The summed E-state index contributed by atoms with van der Waals surface area (Å²) in [6.45, 7) is 4.95. The van der Waals surface area contributed by atoms with Crippen LogP contribution in [0.25, 0.3) is 0 Å². The van der Waals surface area contributed by atoms with Crippen LogP contribution < -0.4 is 0 Å². The summed E-state index contributed by atoms with van der Waals surface area (Å²) in [5.41, 5.74) is 0. The van der Waals surface area contributed by atoms with Gasteiger partial charge in [-0.3, -0.25) is 4.57 Å². The highest BCUT2D eigenvalue weighted by Gasteiger charge is 2.36. The summed E-state index contributed by atoms with van der Waals surface area (Å²) in [7, 11) is 2.39. The van der Waals surface area contributed by atoms with Crippen LogP contribution in [0.2, 0.25) is 0 Å². The summed E-state index contributed by atoms with van der Waals surface area (Å²) in [6.07, 6.45) is 24.5. The van der Waals surface area contributed by atoms with Crippen molar-refractivity contribution in [2.45, 2.75) is 141 Å². The molecule has 1 aliphatic heterocycles. The summed E-state index contributed by atoms with van der Waals surface area (Å²) in [6, 6.07) is 0.307. The lowest BCUT2D eigenvalue weighted by molar-refractivity contribution is -0.902. The van der Waals surface area contributed by atoms with Crippen LogP contribution in [0.15, 0.2) is 0 Å². The SMILES string of the molecule is CCCCCCCCCCCCCCCCCCOCC(CCP(=O)(O)OCC1CCC[N+]1(C)C)OC. The summed E-state index contributed by atoms with van der Waals surface area (Å²) >= 11 is 0. The van der Waals surface area contributed by atoms with Crippen LogP contribution in [0.4, 0.5) is 0 Å². The normalized spacial score (nSPS) is 19.8. The zero-order valence-corrected chi connectivity index (χ0v) is 26.0. The van der Waals surface area contributed by atoms with Crippen LogP contribution >= 0.6 is 7.60 Å². The molecular formula is C30H63NO5P+. The largest absolute Gasteiger partial charge is 0.379 e. The molecule has 3 atom stereocenters. The van der Waals surface area contributed by atoms with Gasteiger partial charge >= 0.3 is 7.60 Å². The fourth-order valence-corrected chi connectivity index (χ4v) is 6.51. The first-order valence-corrected chi connectivity index (χ1v) is 17.5. The third kappa shape index (κ3) is 18.9. The summed E-state index contributed by atoms with van der Waals surface area (Å²) in [5.74, 6) is 0. The molecule has 0 aliphatic carbocycles. The van der Waals surface area contributed by atoms with E-state index < -0.39 is 7.60 Å². The average Bonchev–Trinajstić information content (AvgIpc) is 3.21. The first-order chi connectivity index (χ1) is 17.8. The Hall–Kier alpha value is 0.0300. The van der Waals surface area contributed by atoms with Crippen molar-refractivity contribution in [3.63, 3.8) is 0 Å². The Morgan fingerprint density at radius 1 is 0.865 bits per heavy atom. The molecule has 0 spiro atoms. The molecule has 0 saturated carbocycles. The van der Waals surface area contributed by atoms with E-state index in [2.05, 4.69) is 21.0 Å². The van der Waals surface area contributed by atoms with Gasteiger partial charge in [0.1, 0.15) is 12.6 Å². The molecule has 1 saturated heterocycles. The Morgan fingerprint density at radius 2 is 1.38 bits per heavy atom. The number of hydrogen-bond donors (Lipinski definition) is 1. The van der Waals surface area contributed by atoms with Crippen LogP contribution in [0.3, 0.4) is 0 Å². The maximum Gasteiger partial charge on any atom is 0.328 e. The minimum atomic E-state index is -3.59. The van der Waals surface area contributed by atoms with Gasteiger partial charge in [0, 0.05) is 26.6 Å². The van der Waals surface area contributed by atoms with Crippen LogP contribution in [-0.4, -0.2) is 75.3 Å². The van der Waals surface area contributed by atoms with Crippen molar-refractivity contribution in [1.29, 1.82) is 0 Å². The van der Waals surface area contributed by atoms with Gasteiger partial charge in [0.05, 0.1) is 39.5 Å². The maximum absolute atomic E-state index is 12.5. The molecule has 7 heteroatoms. The van der Waals surface area contributed by atoms with E-state index in [0.29, 0.717) is 25.7 Å². The fourth-order valence-electron chi connectivity index (χ4n) is 5.36. The molecule has 0 aromatic rings. The topological polar surface area (TPSA) is 65.0 Å². The summed E-state index contributed by atoms with van der Waals surface area (Å²) in [4.78, 5) is 10.2. The number of quaternary nitrogens is 1. The van der Waals surface area contributed by atoms with E-state index >= 15 is 0 Å². The molecule has 0 aromatic heterocycles. The number of nitrogens with zero attached hydrogens (tertiary/aromatic N) is 1. The quantitative estimate of drug-likeness (QED) is 0.0672. The van der Waals surface area contributed by atoms with Crippen molar-refractivity contribution >= 4 is 7.60 Å². The molecule has 1 aliphatic rings. The Labute approximate surface area is 230 Å². The minimum absolute atomic E-state index is 0.119. The van der Waals surface area contributed by atoms with Gasteiger partial charge in [0.2, 0.25) is 0 Å². The van der Waals surface area contributed by atoms with E-state index in [-0.39, 0.29) is 12.3 Å². The first kappa shape index (κ1) is 35.1. The lowest BCUT2D eigenvalue weighted by Gasteiger charge is -2.31. The van der Waals surface area contributed by atoms with Gasteiger partial charge in [-0.05, 0) is 12.8 Å². The molecular weight excluding hydrogens is 485 g/mol. The molecule has 6 nitrogen and oxygen atoms in total. The summed E-state index contributed by atoms with van der Waals surface area (Å²) in [5, 5.41) is 0. The van der Waals surface area contributed by atoms with Crippen molar-refractivity contribution in [2.75, 3.05) is 53.7 Å². The third-order valence-corrected chi connectivity index (χ3v) is 9.62. The smallest absolute Gasteiger partial charge is 0.328 e. The zero-order valence-electron chi connectivity index (χ0n) is 25.1. The zero-order chi connectivity index (χ0) is 27.2. The van der Waals surface area contributed by atoms with Crippen LogP contribution in [0, 0.1) is 0 Å². The Morgan fingerprint density at radius 3 is 1.84 bits per heavy atom. The predicted molar refractivity (Wildman–Crippen MR) is 156 cm³/mol. The molecule has 37 heavy (non-hydrogen) atoms. The number of hydrogen-bond acceptors (Lipinski definition) is 4. The van der Waals surface area contributed by atoms with Gasteiger partial charge in [-0.1, -0.05) is 103 Å². The van der Waals surface area contributed by atoms with Crippen molar-refractivity contribution in [3.8, 4) is 0 Å². The van der Waals surface area contributed by atoms with E-state index in [1.54, 1.807) is 7.11 Å². The lowest BCUT2D eigenvalue weighted by Crippen LogP contribution is -2.46. The third-order valence-electron chi connectivity index (χ3n) is 8.24. The van der Waals surface area contributed by atoms with E-state index in [9.17, 15) is 9.46 Å². The Kier molecular flexibility index (Phi) is 20.7. The molecule has 1 rings (SSSR count). The van der Waals surface area contributed by atoms with Gasteiger partial charge in [-0.25, -0.2) is 0 Å². The van der Waals surface area contributed by atoms with Crippen molar-refractivity contribution in [2.24, 2.45) is 0 Å². The van der Waals surface area contributed by atoms with Crippen molar-refractivity contribution in [3.05, 3.63) is 0 Å². The highest BCUT2D eigenvalue weighted by molar-refractivity contribution is 7.52. The Bertz CT molecular complexity index is 574. The van der Waals surface area contributed by atoms with Gasteiger partial charge in [-0.15, -0.1) is 0 Å². The number of rotatable bonds is 26. The molecule has 1 N–H and O–H groups in total. The number of likely N-dealkylation sites (tertiary alicyclic amines) is 1. The minimum Gasteiger partial charge on any atom is -0.379 e. The van der Waals surface area contributed by atoms with Gasteiger partial charge in [0.15, 0.2) is 0 Å². The molecule has 1 heterocycles. The molecule has 0 radical (unpaired) electrons. The highest BCUT2D eigenvalue weighted by atomic mass is 31.2. The molecule has 0 aromatic carbocycles. The number of likely N-dealkylation sites (N-methyl/N-ethyl adjacent to an activating group) is 1. The second kappa shape index (κ2) is 21.8. The van der Waals surface area contributed by atoms with Crippen molar-refractivity contribution < 1.29 is 27.9 Å². The van der Waals surface area contributed by atoms with E-state index in [0.717, 1.165) is 36.9 Å². The maximum atomic E-state index is 12.5. The second-order valence-corrected chi connectivity index (χ2v) is 14.0. The Balaban J connectivity index is 1.91. The lowest BCUT2D eigenvalue weighted by atomic mass is 10.0. The first-order valence-electron chi connectivity index (χ1n) is 15.7. The second-order valence-electron chi connectivity index (χ2n) is 12.0. The highest BCUT2D eigenvalue weighted by Crippen LogP contribution is 2.44. The molecule has 0 bridgehead atoms. The standard InChI is InChI=1S/C30H62NO5P/c1-5-6-7-8-9-10-11-12-13-14-15-16-17-18-19-20-25-35-28-30(34-4)23-26-37(32,33)36-27-29-22-21-24-31(29,2)3/h29-30H,5-28H2,1-4H3/p+1. The average molecular weight is 549 g/mol. The summed E-state index contributed by atoms with van der Waals surface area (Å²) < 4.78 is 30.1. The van der Waals surface area contributed by atoms with E-state index in [1.807, 2.05) is 0 Å². The molecule has 1 fully saturated rings. The molecule has 0 amide bonds.